The third-order valence-corrected chi connectivity index (χ3v) is 1.84. The Labute approximate surface area is 101 Å². The van der Waals surface area contributed by atoms with Crippen molar-refractivity contribution in [2.24, 2.45) is 0 Å². The molecule has 0 aliphatic rings. The summed E-state index contributed by atoms with van der Waals surface area (Å²) in [7, 11) is 0. The Morgan fingerprint density at radius 3 is 2.42 bits per heavy atom. The molecule has 0 radical (unpaired) electrons. The molecule has 0 aromatic carbocycles. The van der Waals surface area contributed by atoms with Crippen LogP contribution in [-0.4, -0.2) is 22.4 Å². The first-order valence-electron chi connectivity index (χ1n) is 4.54. The minimum Gasteiger partial charge on any atom is -0.481 e. The van der Waals surface area contributed by atoms with Crippen molar-refractivity contribution in [2.45, 2.75) is 19.2 Å². The summed E-state index contributed by atoms with van der Waals surface area (Å²) in [6, 6.07) is 0. The zero-order valence-electron chi connectivity index (χ0n) is 8.84. The summed E-state index contributed by atoms with van der Waals surface area (Å²) >= 11 is 0. The predicted molar refractivity (Wildman–Crippen MR) is 47.2 cm³/mol. The third-order valence-electron chi connectivity index (χ3n) is 1.84. The van der Waals surface area contributed by atoms with Gasteiger partial charge in [-0.25, -0.2) is 13.2 Å². The first-order valence-corrected chi connectivity index (χ1v) is 4.54. The number of pyridine rings is 1. The quantitative estimate of drug-likeness (QED) is 0.866. The lowest BCUT2D eigenvalue weighted by atomic mass is 10.1. The summed E-state index contributed by atoms with van der Waals surface area (Å²) in [4.78, 5) is 13.3. The molecule has 0 spiro atoms. The number of halogens is 6. The molecule has 0 fully saturated rings. The summed E-state index contributed by atoms with van der Waals surface area (Å²) in [5.41, 5.74) is -2.35. The van der Waals surface area contributed by atoms with Gasteiger partial charge in [0.15, 0.2) is 11.6 Å². The van der Waals surface area contributed by atoms with Gasteiger partial charge in [-0.05, 0) is 0 Å². The van der Waals surface area contributed by atoms with Gasteiger partial charge in [0.25, 0.3) is 6.43 Å². The molecule has 0 unspecified atom stereocenters. The number of carbonyl (C=O) groups is 1. The van der Waals surface area contributed by atoms with Crippen molar-refractivity contribution >= 4 is 5.97 Å². The minimum atomic E-state index is -5.35. The molecule has 1 N–H and O–H groups in total. The fourth-order valence-electron chi connectivity index (χ4n) is 1.19. The van der Waals surface area contributed by atoms with Gasteiger partial charge < -0.3 is 9.84 Å². The molecule has 4 nitrogen and oxygen atoms in total. The highest BCUT2D eigenvalue weighted by Gasteiger charge is 2.35. The molecule has 0 saturated heterocycles. The van der Waals surface area contributed by atoms with Crippen LogP contribution in [0, 0.1) is 5.82 Å². The van der Waals surface area contributed by atoms with Gasteiger partial charge in [0.2, 0.25) is 0 Å². The average Bonchev–Trinajstić information content (AvgIpc) is 2.20. The van der Waals surface area contributed by atoms with Gasteiger partial charge >= 0.3 is 12.3 Å². The minimum absolute atomic E-state index is 0.403. The van der Waals surface area contributed by atoms with E-state index in [1.807, 2.05) is 0 Å². The maximum atomic E-state index is 13.4. The van der Waals surface area contributed by atoms with Crippen LogP contribution in [0.4, 0.5) is 26.3 Å². The molecule has 1 heterocycles. The summed E-state index contributed by atoms with van der Waals surface area (Å²) in [6.07, 6.45) is -9.47. The molecule has 19 heavy (non-hydrogen) atoms. The fraction of sp³-hybridized carbons (Fsp3) is 0.333. The van der Waals surface area contributed by atoms with Gasteiger partial charge in [0.1, 0.15) is 5.69 Å². The van der Waals surface area contributed by atoms with Crippen molar-refractivity contribution in [1.82, 2.24) is 4.98 Å². The molecular formula is C9H5F6NO3. The molecular weight excluding hydrogens is 284 g/mol. The van der Waals surface area contributed by atoms with E-state index in [1.165, 1.54) is 0 Å². The molecule has 0 amide bonds. The van der Waals surface area contributed by atoms with E-state index >= 15 is 0 Å². The maximum Gasteiger partial charge on any atom is 0.573 e. The number of rotatable bonds is 4. The van der Waals surface area contributed by atoms with Crippen LogP contribution in [0.1, 0.15) is 17.7 Å². The molecule has 0 aliphatic heterocycles. The van der Waals surface area contributed by atoms with E-state index in [0.717, 1.165) is 0 Å². The molecule has 1 aromatic rings. The van der Waals surface area contributed by atoms with Crippen LogP contribution in [-0.2, 0) is 11.2 Å². The zero-order chi connectivity index (χ0) is 14.8. The van der Waals surface area contributed by atoms with Gasteiger partial charge in [0, 0.05) is 11.8 Å². The molecule has 1 rings (SSSR count). The number of carboxylic acids is 1. The first kappa shape index (κ1) is 15.1. The second-order valence-electron chi connectivity index (χ2n) is 3.23. The van der Waals surface area contributed by atoms with Crippen molar-refractivity contribution in [3.8, 4) is 5.75 Å². The van der Waals surface area contributed by atoms with E-state index in [2.05, 4.69) is 9.72 Å². The van der Waals surface area contributed by atoms with E-state index in [4.69, 9.17) is 5.11 Å². The maximum absolute atomic E-state index is 13.4. The summed E-state index contributed by atoms with van der Waals surface area (Å²) in [5.74, 6) is -5.25. The number of carboxylic acid groups (broad SMARTS) is 1. The van der Waals surface area contributed by atoms with E-state index < -0.39 is 48.0 Å². The standard InChI is InChI=1S/C9H5F6NO3/c10-5-6(8(11)12)16-2-3(1-4(17)18)7(5)19-9(13,14)15/h2,8H,1H2,(H,17,18). The molecule has 0 saturated carbocycles. The topological polar surface area (TPSA) is 59.4 Å². The largest absolute Gasteiger partial charge is 0.573 e. The normalized spacial score (nSPS) is 11.7. The second kappa shape index (κ2) is 5.33. The van der Waals surface area contributed by atoms with Crippen LogP contribution >= 0.6 is 0 Å². The number of ether oxygens (including phenoxy) is 1. The van der Waals surface area contributed by atoms with Crippen LogP contribution in [0.5, 0.6) is 5.75 Å². The lowest BCUT2D eigenvalue weighted by Gasteiger charge is -2.14. The van der Waals surface area contributed by atoms with Crippen LogP contribution in [0.2, 0.25) is 0 Å². The Morgan fingerprint density at radius 1 is 1.42 bits per heavy atom. The Bertz CT molecular complexity index is 488. The van der Waals surface area contributed by atoms with Crippen molar-refractivity contribution in [3.63, 3.8) is 0 Å². The molecule has 106 valence electrons. The van der Waals surface area contributed by atoms with Gasteiger partial charge in [-0.1, -0.05) is 0 Å². The molecule has 0 atom stereocenters. The van der Waals surface area contributed by atoms with Crippen molar-refractivity contribution in [2.75, 3.05) is 0 Å². The monoisotopic (exact) mass is 289 g/mol. The smallest absolute Gasteiger partial charge is 0.481 e. The highest BCUT2D eigenvalue weighted by atomic mass is 19.4. The van der Waals surface area contributed by atoms with Crippen LogP contribution in [0.25, 0.3) is 0 Å². The SMILES string of the molecule is O=C(O)Cc1cnc(C(F)F)c(F)c1OC(F)(F)F. The predicted octanol–water partition coefficient (Wildman–Crippen LogP) is 2.68. The lowest BCUT2D eigenvalue weighted by molar-refractivity contribution is -0.276. The summed E-state index contributed by atoms with van der Waals surface area (Å²) in [5, 5.41) is 8.42. The van der Waals surface area contributed by atoms with Crippen molar-refractivity contribution in [1.29, 1.82) is 0 Å². The number of alkyl halides is 5. The highest BCUT2D eigenvalue weighted by molar-refractivity contribution is 5.71. The summed E-state index contributed by atoms with van der Waals surface area (Å²) < 4.78 is 77.3. The van der Waals surface area contributed by atoms with Gasteiger partial charge in [-0.3, -0.25) is 9.78 Å². The number of aromatic nitrogens is 1. The number of aliphatic carboxylic acids is 1. The second-order valence-corrected chi connectivity index (χ2v) is 3.23. The molecule has 0 aliphatic carbocycles. The van der Waals surface area contributed by atoms with Crippen molar-refractivity contribution in [3.05, 3.63) is 23.3 Å². The van der Waals surface area contributed by atoms with Crippen LogP contribution in [0.3, 0.4) is 0 Å². The van der Waals surface area contributed by atoms with E-state index in [1.54, 1.807) is 0 Å². The number of nitrogens with zero attached hydrogens (tertiary/aromatic N) is 1. The van der Waals surface area contributed by atoms with E-state index in [0.29, 0.717) is 6.20 Å². The lowest BCUT2D eigenvalue weighted by Crippen LogP contribution is -2.20. The fourth-order valence-corrected chi connectivity index (χ4v) is 1.19. The van der Waals surface area contributed by atoms with Crippen LogP contribution < -0.4 is 4.74 Å². The van der Waals surface area contributed by atoms with Gasteiger partial charge in [-0.15, -0.1) is 13.2 Å². The van der Waals surface area contributed by atoms with Crippen LogP contribution in [0.15, 0.2) is 6.20 Å². The number of hydrogen-bond acceptors (Lipinski definition) is 3. The third kappa shape index (κ3) is 4.00. The van der Waals surface area contributed by atoms with E-state index in [-0.39, 0.29) is 0 Å². The highest BCUT2D eigenvalue weighted by Crippen LogP contribution is 2.33. The Morgan fingerprint density at radius 2 is 2.00 bits per heavy atom. The Balaban J connectivity index is 3.32. The summed E-state index contributed by atoms with van der Waals surface area (Å²) in [6.45, 7) is 0. The van der Waals surface area contributed by atoms with Gasteiger partial charge in [0.05, 0.1) is 6.42 Å². The van der Waals surface area contributed by atoms with Gasteiger partial charge in [-0.2, -0.15) is 0 Å². The molecule has 10 heteroatoms. The molecule has 0 bridgehead atoms. The number of hydrogen-bond donors (Lipinski definition) is 1. The Hall–Kier alpha value is -2.00. The zero-order valence-corrected chi connectivity index (χ0v) is 8.84. The molecule has 1 aromatic heterocycles. The average molecular weight is 289 g/mol. The van der Waals surface area contributed by atoms with Crippen molar-refractivity contribution < 1.29 is 41.0 Å². The first-order chi connectivity index (χ1) is 8.61. The van der Waals surface area contributed by atoms with E-state index in [9.17, 15) is 31.1 Å². The Kier molecular flexibility index (Phi) is 4.22.